The molecular weight excluding hydrogens is 130 g/mol. The normalized spacial score (nSPS) is 24.0. The summed E-state index contributed by atoms with van der Waals surface area (Å²) in [4.78, 5) is 11.8. The van der Waals surface area contributed by atoms with Crippen LogP contribution in [0.5, 0.6) is 0 Å². The predicted molar refractivity (Wildman–Crippen MR) is 38.5 cm³/mol. The summed E-state index contributed by atoms with van der Waals surface area (Å²) >= 11 is 0. The molecule has 3 heteroatoms. The highest BCUT2D eigenvalue weighted by Gasteiger charge is 2.24. The third kappa shape index (κ3) is 1.68. The lowest BCUT2D eigenvalue weighted by Gasteiger charge is -2.23. The minimum atomic E-state index is 0.537. The van der Waals surface area contributed by atoms with Gasteiger partial charge in [0, 0.05) is 12.0 Å². The van der Waals surface area contributed by atoms with Gasteiger partial charge in [0.05, 0.1) is 13.2 Å². The third-order valence-corrected chi connectivity index (χ3v) is 2.14. The SMILES string of the molecule is CC(C1COOC1)N(C)C. The van der Waals surface area contributed by atoms with Crippen molar-refractivity contribution in [2.45, 2.75) is 13.0 Å². The average molecular weight is 145 g/mol. The Morgan fingerprint density at radius 3 is 2.20 bits per heavy atom. The van der Waals surface area contributed by atoms with Gasteiger partial charge in [0.25, 0.3) is 0 Å². The van der Waals surface area contributed by atoms with Crippen molar-refractivity contribution in [1.29, 1.82) is 0 Å². The number of hydrogen-bond donors (Lipinski definition) is 0. The van der Waals surface area contributed by atoms with Gasteiger partial charge in [0.2, 0.25) is 0 Å². The van der Waals surface area contributed by atoms with Crippen molar-refractivity contribution in [3.63, 3.8) is 0 Å². The molecule has 1 rings (SSSR count). The fraction of sp³-hybridized carbons (Fsp3) is 1.00. The van der Waals surface area contributed by atoms with E-state index in [1.165, 1.54) is 0 Å². The van der Waals surface area contributed by atoms with Crippen molar-refractivity contribution in [2.75, 3.05) is 27.3 Å². The van der Waals surface area contributed by atoms with E-state index in [1.807, 2.05) is 0 Å². The zero-order chi connectivity index (χ0) is 7.56. The summed E-state index contributed by atoms with van der Waals surface area (Å²) in [6.45, 7) is 3.65. The molecule has 10 heavy (non-hydrogen) atoms. The summed E-state index contributed by atoms with van der Waals surface area (Å²) in [5, 5.41) is 0. The van der Waals surface area contributed by atoms with Gasteiger partial charge in [-0.15, -0.1) is 0 Å². The van der Waals surface area contributed by atoms with Gasteiger partial charge in [-0.1, -0.05) is 0 Å². The second-order valence-corrected chi connectivity index (χ2v) is 3.03. The van der Waals surface area contributed by atoms with Gasteiger partial charge >= 0.3 is 0 Å². The van der Waals surface area contributed by atoms with Crippen molar-refractivity contribution in [3.05, 3.63) is 0 Å². The molecule has 0 spiro atoms. The first-order valence-corrected chi connectivity index (χ1v) is 3.62. The van der Waals surface area contributed by atoms with E-state index in [0.29, 0.717) is 12.0 Å². The number of nitrogens with zero attached hydrogens (tertiary/aromatic N) is 1. The number of rotatable bonds is 2. The van der Waals surface area contributed by atoms with Gasteiger partial charge in [-0.3, -0.25) is 0 Å². The van der Waals surface area contributed by atoms with E-state index in [9.17, 15) is 0 Å². The van der Waals surface area contributed by atoms with Crippen molar-refractivity contribution in [1.82, 2.24) is 4.90 Å². The molecule has 1 aliphatic heterocycles. The van der Waals surface area contributed by atoms with Crippen LogP contribution in [0.15, 0.2) is 0 Å². The van der Waals surface area contributed by atoms with Gasteiger partial charge in [-0.05, 0) is 21.0 Å². The fourth-order valence-corrected chi connectivity index (χ4v) is 1.02. The Hall–Kier alpha value is -0.120. The van der Waals surface area contributed by atoms with Crippen LogP contribution in [-0.4, -0.2) is 38.3 Å². The van der Waals surface area contributed by atoms with E-state index in [0.717, 1.165) is 13.2 Å². The molecule has 1 unspecified atom stereocenters. The Labute approximate surface area is 61.8 Å². The highest BCUT2D eigenvalue weighted by atomic mass is 17.2. The topological polar surface area (TPSA) is 21.7 Å². The minimum Gasteiger partial charge on any atom is -0.306 e. The molecule has 1 saturated heterocycles. The zero-order valence-electron chi connectivity index (χ0n) is 6.83. The van der Waals surface area contributed by atoms with Gasteiger partial charge in [-0.2, -0.15) is 0 Å². The average Bonchev–Trinajstić information content (AvgIpc) is 2.36. The lowest BCUT2D eigenvalue weighted by Crippen LogP contribution is -2.34. The maximum atomic E-state index is 4.80. The summed E-state index contributed by atoms with van der Waals surface area (Å²) in [5.41, 5.74) is 0. The van der Waals surface area contributed by atoms with Crippen LogP contribution in [0, 0.1) is 5.92 Å². The smallest absolute Gasteiger partial charge is 0.0888 e. The second-order valence-electron chi connectivity index (χ2n) is 3.03. The van der Waals surface area contributed by atoms with E-state index >= 15 is 0 Å². The van der Waals surface area contributed by atoms with Gasteiger partial charge in [0.1, 0.15) is 0 Å². The Morgan fingerprint density at radius 2 is 1.80 bits per heavy atom. The minimum absolute atomic E-state index is 0.537. The van der Waals surface area contributed by atoms with E-state index in [-0.39, 0.29) is 0 Å². The summed E-state index contributed by atoms with van der Waals surface area (Å²) in [5.74, 6) is 0.537. The Kier molecular flexibility index (Phi) is 2.65. The van der Waals surface area contributed by atoms with E-state index < -0.39 is 0 Å². The van der Waals surface area contributed by atoms with Gasteiger partial charge < -0.3 is 4.90 Å². The molecule has 0 aliphatic carbocycles. The molecule has 0 N–H and O–H groups in total. The molecule has 0 bridgehead atoms. The Morgan fingerprint density at radius 1 is 1.30 bits per heavy atom. The predicted octanol–water partition coefficient (Wildman–Crippen LogP) is 0.514. The summed E-state index contributed by atoms with van der Waals surface area (Å²) in [6, 6.07) is 0.544. The summed E-state index contributed by atoms with van der Waals surface area (Å²) in [7, 11) is 4.14. The molecule has 0 aromatic carbocycles. The Balaban J connectivity index is 2.32. The van der Waals surface area contributed by atoms with E-state index in [1.54, 1.807) is 0 Å². The third-order valence-electron chi connectivity index (χ3n) is 2.14. The maximum absolute atomic E-state index is 4.80. The first-order chi connectivity index (χ1) is 4.72. The zero-order valence-corrected chi connectivity index (χ0v) is 6.83. The molecule has 0 saturated carbocycles. The molecule has 1 atom stereocenters. The molecular formula is C7H15NO2. The van der Waals surface area contributed by atoms with Crippen LogP contribution < -0.4 is 0 Å². The largest absolute Gasteiger partial charge is 0.306 e. The standard InChI is InChI=1S/C7H15NO2/c1-6(8(2)3)7-4-9-10-5-7/h6-7H,4-5H2,1-3H3. The van der Waals surface area contributed by atoms with Crippen LogP contribution in [0.2, 0.25) is 0 Å². The molecule has 0 amide bonds. The van der Waals surface area contributed by atoms with Crippen LogP contribution >= 0.6 is 0 Å². The van der Waals surface area contributed by atoms with E-state index in [4.69, 9.17) is 9.78 Å². The lowest BCUT2D eigenvalue weighted by atomic mass is 10.0. The molecule has 0 radical (unpaired) electrons. The van der Waals surface area contributed by atoms with Crippen LogP contribution in [0.3, 0.4) is 0 Å². The van der Waals surface area contributed by atoms with Crippen molar-refractivity contribution in [3.8, 4) is 0 Å². The highest BCUT2D eigenvalue weighted by Crippen LogP contribution is 2.14. The van der Waals surface area contributed by atoms with Crippen molar-refractivity contribution in [2.24, 2.45) is 5.92 Å². The molecule has 1 heterocycles. The first-order valence-electron chi connectivity index (χ1n) is 3.62. The van der Waals surface area contributed by atoms with Crippen molar-refractivity contribution < 1.29 is 9.78 Å². The monoisotopic (exact) mass is 145 g/mol. The molecule has 1 aliphatic rings. The van der Waals surface area contributed by atoms with Crippen LogP contribution in [0.1, 0.15) is 6.92 Å². The molecule has 3 nitrogen and oxygen atoms in total. The second kappa shape index (κ2) is 3.32. The van der Waals surface area contributed by atoms with E-state index in [2.05, 4.69) is 25.9 Å². The summed E-state index contributed by atoms with van der Waals surface area (Å²) in [6.07, 6.45) is 0. The molecule has 0 aromatic heterocycles. The van der Waals surface area contributed by atoms with Crippen molar-refractivity contribution >= 4 is 0 Å². The lowest BCUT2D eigenvalue weighted by molar-refractivity contribution is -0.248. The number of hydrogen-bond acceptors (Lipinski definition) is 3. The van der Waals surface area contributed by atoms with Crippen LogP contribution in [0.25, 0.3) is 0 Å². The quantitative estimate of drug-likeness (QED) is 0.529. The van der Waals surface area contributed by atoms with Gasteiger partial charge in [-0.25, -0.2) is 9.78 Å². The summed E-state index contributed by atoms with van der Waals surface area (Å²) < 4.78 is 0. The van der Waals surface area contributed by atoms with Gasteiger partial charge in [0.15, 0.2) is 0 Å². The molecule has 1 fully saturated rings. The Bertz CT molecular complexity index is 99.8. The fourth-order valence-electron chi connectivity index (χ4n) is 1.02. The first kappa shape index (κ1) is 7.98. The van der Waals surface area contributed by atoms with Crippen LogP contribution in [0.4, 0.5) is 0 Å². The molecule has 60 valence electrons. The highest BCUT2D eigenvalue weighted by molar-refractivity contribution is 4.72. The van der Waals surface area contributed by atoms with Crippen LogP contribution in [-0.2, 0) is 9.78 Å². The molecule has 0 aromatic rings. The maximum Gasteiger partial charge on any atom is 0.0888 e.